The first-order valence-electron chi connectivity index (χ1n) is 8.49. The average molecular weight is 443 g/mol. The molecule has 12 heteroatoms. The number of esters is 1. The summed E-state index contributed by atoms with van der Waals surface area (Å²) >= 11 is 0. The van der Waals surface area contributed by atoms with Crippen molar-refractivity contribution < 1.29 is 35.9 Å². The number of alkyl halides is 3. The van der Waals surface area contributed by atoms with E-state index in [4.69, 9.17) is 14.6 Å². The number of ether oxygens (including phenoxy) is 2. The molecule has 2 N–H and O–H groups in total. The van der Waals surface area contributed by atoms with Crippen LogP contribution in [0.2, 0.25) is 0 Å². The van der Waals surface area contributed by atoms with E-state index in [1.807, 2.05) is 0 Å². The van der Waals surface area contributed by atoms with Crippen molar-refractivity contribution >= 4 is 27.0 Å². The molecule has 160 valence electrons. The molecule has 3 rings (SSSR count). The third-order valence-electron chi connectivity index (χ3n) is 3.96. The maximum atomic E-state index is 13.2. The van der Waals surface area contributed by atoms with Crippen LogP contribution in [0.25, 0.3) is 11.0 Å². The van der Waals surface area contributed by atoms with Crippen LogP contribution in [0.4, 0.5) is 13.2 Å². The van der Waals surface area contributed by atoms with Gasteiger partial charge in [-0.05, 0) is 36.4 Å². The first-order valence-corrected chi connectivity index (χ1v) is 10.0. The number of para-hydroxylation sites is 2. The number of halogens is 3. The van der Waals surface area contributed by atoms with E-state index in [0.717, 1.165) is 4.57 Å². The highest BCUT2D eigenvalue weighted by Crippen LogP contribution is 2.31. The van der Waals surface area contributed by atoms with Gasteiger partial charge in [-0.1, -0.05) is 12.1 Å². The molecule has 0 aliphatic heterocycles. The fraction of sp³-hybridized carbons (Fsp3) is 0.222. The van der Waals surface area contributed by atoms with E-state index in [1.165, 1.54) is 36.4 Å². The lowest BCUT2D eigenvalue weighted by atomic mass is 10.3. The number of hydrogen-bond donors (Lipinski definition) is 1. The zero-order chi connectivity index (χ0) is 21.9. The molecule has 0 bridgehead atoms. The maximum absolute atomic E-state index is 13.2. The summed E-state index contributed by atoms with van der Waals surface area (Å²) in [6.45, 7) is -0.973. The van der Waals surface area contributed by atoms with E-state index in [-0.39, 0.29) is 29.1 Å². The molecule has 1 aromatic heterocycles. The molecular formula is C18H16F3N3O5S. The highest BCUT2D eigenvalue weighted by Gasteiger charge is 2.38. The number of aromatic nitrogens is 2. The number of rotatable bonds is 7. The van der Waals surface area contributed by atoms with Crippen LogP contribution in [0.5, 0.6) is 5.75 Å². The van der Waals surface area contributed by atoms with Gasteiger partial charge in [-0.15, -0.1) is 0 Å². The van der Waals surface area contributed by atoms with Gasteiger partial charge in [0.1, 0.15) is 25.5 Å². The number of nitrogens with zero attached hydrogens (tertiary/aromatic N) is 2. The maximum Gasteiger partial charge on any atom is 0.449 e. The summed E-state index contributed by atoms with van der Waals surface area (Å²) in [4.78, 5) is 15.5. The molecule has 0 aliphatic carbocycles. The standard InChI is InChI=1S/C18H16F3N3O5S/c19-18(20,21)17-23-14-3-1-2-4-15(14)24(17)11-16(25)29-10-9-28-12-5-7-13(8-6-12)30(22,26)27/h1-8H,9-11H2,(H2,22,26,27). The van der Waals surface area contributed by atoms with Crippen LogP contribution in [0.15, 0.2) is 53.4 Å². The average Bonchev–Trinajstić information content (AvgIpc) is 3.04. The third-order valence-corrected chi connectivity index (χ3v) is 4.89. The summed E-state index contributed by atoms with van der Waals surface area (Å²) in [5.41, 5.74) is 0.275. The van der Waals surface area contributed by atoms with E-state index >= 15 is 0 Å². The molecule has 30 heavy (non-hydrogen) atoms. The molecule has 8 nitrogen and oxygen atoms in total. The second-order valence-corrected chi connectivity index (χ2v) is 7.65. The summed E-state index contributed by atoms with van der Waals surface area (Å²) in [6.07, 6.45) is -4.73. The summed E-state index contributed by atoms with van der Waals surface area (Å²) in [5.74, 6) is -1.78. The van der Waals surface area contributed by atoms with Gasteiger partial charge in [0.15, 0.2) is 0 Å². The van der Waals surface area contributed by atoms with Crippen molar-refractivity contribution in [1.29, 1.82) is 0 Å². The van der Waals surface area contributed by atoms with Crippen LogP contribution in [0, 0.1) is 0 Å². The van der Waals surface area contributed by atoms with Gasteiger partial charge in [0.05, 0.1) is 15.9 Å². The van der Waals surface area contributed by atoms with Crippen molar-refractivity contribution in [2.45, 2.75) is 17.6 Å². The minimum absolute atomic E-state index is 0.0860. The van der Waals surface area contributed by atoms with Gasteiger partial charge in [0, 0.05) is 0 Å². The van der Waals surface area contributed by atoms with Crippen LogP contribution < -0.4 is 9.88 Å². The summed E-state index contributed by atoms with van der Waals surface area (Å²) < 4.78 is 73.0. The van der Waals surface area contributed by atoms with E-state index in [2.05, 4.69) is 4.98 Å². The van der Waals surface area contributed by atoms with Gasteiger partial charge in [0.2, 0.25) is 15.8 Å². The molecule has 3 aromatic rings. The number of fused-ring (bicyclic) bond motifs is 1. The minimum Gasteiger partial charge on any atom is -0.490 e. The predicted octanol–water partition coefficient (Wildman–Crippen LogP) is 2.32. The lowest BCUT2D eigenvalue weighted by Crippen LogP contribution is -2.22. The SMILES string of the molecule is NS(=O)(=O)c1ccc(OCCOC(=O)Cn2c(C(F)(F)F)nc3ccccc32)cc1. The van der Waals surface area contributed by atoms with E-state index in [1.54, 1.807) is 12.1 Å². The second-order valence-electron chi connectivity index (χ2n) is 6.09. The first-order chi connectivity index (χ1) is 14.1. The molecule has 2 aromatic carbocycles. The van der Waals surface area contributed by atoms with Gasteiger partial charge in [-0.25, -0.2) is 18.5 Å². The van der Waals surface area contributed by atoms with Crippen LogP contribution in [0.1, 0.15) is 5.82 Å². The minimum atomic E-state index is -4.73. The lowest BCUT2D eigenvalue weighted by Gasteiger charge is -2.12. The number of benzene rings is 2. The molecule has 0 radical (unpaired) electrons. The van der Waals surface area contributed by atoms with Gasteiger partial charge >= 0.3 is 12.1 Å². The Hall–Kier alpha value is -3.12. The predicted molar refractivity (Wildman–Crippen MR) is 99.0 cm³/mol. The van der Waals surface area contributed by atoms with Crippen LogP contribution in [0.3, 0.4) is 0 Å². The Bertz CT molecular complexity index is 1160. The Labute approximate surface area is 169 Å². The van der Waals surface area contributed by atoms with Crippen LogP contribution in [-0.2, 0) is 32.3 Å². The summed E-state index contributed by atoms with van der Waals surface area (Å²) in [6, 6.07) is 11.2. The fourth-order valence-corrected chi connectivity index (χ4v) is 3.18. The molecule has 0 fully saturated rings. The summed E-state index contributed by atoms with van der Waals surface area (Å²) in [5, 5.41) is 4.99. The van der Waals surface area contributed by atoms with Gasteiger partial charge in [0.25, 0.3) is 0 Å². The first kappa shape index (κ1) is 21.6. The zero-order valence-electron chi connectivity index (χ0n) is 15.3. The lowest BCUT2D eigenvalue weighted by molar-refractivity contribution is -0.151. The second kappa shape index (κ2) is 8.32. The molecular weight excluding hydrogens is 427 g/mol. The molecule has 0 atom stereocenters. The molecule has 0 saturated carbocycles. The Kier molecular flexibility index (Phi) is 5.99. The topological polar surface area (TPSA) is 114 Å². The zero-order valence-corrected chi connectivity index (χ0v) is 16.1. The van der Waals surface area contributed by atoms with Crippen molar-refractivity contribution in [2.24, 2.45) is 5.14 Å². The number of nitrogens with two attached hydrogens (primary N) is 1. The van der Waals surface area contributed by atoms with Crippen molar-refractivity contribution in [1.82, 2.24) is 9.55 Å². The van der Waals surface area contributed by atoms with E-state index in [0.29, 0.717) is 5.75 Å². The van der Waals surface area contributed by atoms with Crippen LogP contribution in [-0.4, -0.2) is 37.2 Å². The van der Waals surface area contributed by atoms with Gasteiger partial charge in [-0.2, -0.15) is 13.2 Å². The van der Waals surface area contributed by atoms with Crippen molar-refractivity contribution in [3.63, 3.8) is 0 Å². The largest absolute Gasteiger partial charge is 0.490 e. The van der Waals surface area contributed by atoms with E-state index in [9.17, 15) is 26.4 Å². The van der Waals surface area contributed by atoms with Gasteiger partial charge in [-0.3, -0.25) is 4.79 Å². The molecule has 0 aliphatic rings. The Morgan fingerprint density at radius 3 is 2.37 bits per heavy atom. The molecule has 0 saturated heterocycles. The number of carbonyl (C=O) groups is 1. The highest BCUT2D eigenvalue weighted by molar-refractivity contribution is 7.89. The molecule has 1 heterocycles. The van der Waals surface area contributed by atoms with Crippen molar-refractivity contribution in [2.75, 3.05) is 13.2 Å². The van der Waals surface area contributed by atoms with E-state index < -0.39 is 34.5 Å². The molecule has 0 unspecified atom stereocenters. The molecule has 0 spiro atoms. The summed E-state index contributed by atoms with van der Waals surface area (Å²) in [7, 11) is -3.82. The fourth-order valence-electron chi connectivity index (χ4n) is 2.67. The van der Waals surface area contributed by atoms with Crippen LogP contribution >= 0.6 is 0 Å². The molecule has 0 amide bonds. The monoisotopic (exact) mass is 443 g/mol. The smallest absolute Gasteiger partial charge is 0.449 e. The number of primary sulfonamides is 1. The number of imidazole rings is 1. The number of carbonyl (C=O) groups excluding carboxylic acids is 1. The van der Waals surface area contributed by atoms with Gasteiger partial charge < -0.3 is 14.0 Å². The Morgan fingerprint density at radius 2 is 1.73 bits per heavy atom. The Morgan fingerprint density at radius 1 is 1.07 bits per heavy atom. The van der Waals surface area contributed by atoms with Crippen molar-refractivity contribution in [3.8, 4) is 5.75 Å². The Balaban J connectivity index is 1.58. The third kappa shape index (κ3) is 5.07. The number of sulfonamides is 1. The quantitative estimate of drug-likeness (QED) is 0.443. The van der Waals surface area contributed by atoms with Crippen molar-refractivity contribution in [3.05, 3.63) is 54.4 Å². The normalized spacial score (nSPS) is 12.1. The number of hydrogen-bond acceptors (Lipinski definition) is 6. The highest BCUT2D eigenvalue weighted by atomic mass is 32.2.